The summed E-state index contributed by atoms with van der Waals surface area (Å²) < 4.78 is 7.50. The number of halogens is 1. The maximum Gasteiger partial charge on any atom is 0.255 e. The van der Waals surface area contributed by atoms with Crippen LogP contribution in [0.2, 0.25) is 5.02 Å². The number of fused-ring (bicyclic) bond motifs is 1. The van der Waals surface area contributed by atoms with Gasteiger partial charge in [-0.05, 0) is 50.3 Å². The van der Waals surface area contributed by atoms with Gasteiger partial charge in [-0.25, -0.2) is 4.68 Å². The van der Waals surface area contributed by atoms with Crippen molar-refractivity contribution in [2.75, 3.05) is 11.9 Å². The highest BCUT2D eigenvalue weighted by molar-refractivity contribution is 6.30. The first-order valence-corrected chi connectivity index (χ1v) is 8.96. The van der Waals surface area contributed by atoms with Gasteiger partial charge < -0.3 is 10.1 Å². The number of aryl methyl sites for hydroxylation is 1. The van der Waals surface area contributed by atoms with E-state index in [4.69, 9.17) is 16.3 Å². The molecule has 0 radical (unpaired) electrons. The number of nitrogens with zero attached hydrogens (tertiary/aromatic N) is 2. The van der Waals surface area contributed by atoms with Crippen molar-refractivity contribution in [2.24, 2.45) is 0 Å². The monoisotopic (exact) mass is 379 g/mol. The number of hydrogen-bond acceptors (Lipinski definition) is 3. The van der Waals surface area contributed by atoms with E-state index in [1.165, 1.54) is 0 Å². The van der Waals surface area contributed by atoms with Crippen LogP contribution < -0.4 is 10.1 Å². The molecule has 3 aromatic rings. The fourth-order valence-corrected chi connectivity index (χ4v) is 3.30. The molecule has 0 bridgehead atoms. The predicted octanol–water partition coefficient (Wildman–Crippen LogP) is 4.56. The number of rotatable bonds is 3. The molecule has 0 spiro atoms. The Kier molecular flexibility index (Phi) is 4.46. The maximum atomic E-state index is 12.8. The Bertz CT molecular complexity index is 1050. The highest BCUT2D eigenvalue weighted by atomic mass is 35.5. The van der Waals surface area contributed by atoms with Crippen molar-refractivity contribution in [3.05, 3.63) is 76.1 Å². The van der Waals surface area contributed by atoms with E-state index in [9.17, 15) is 4.79 Å². The zero-order chi connectivity index (χ0) is 19.0. The van der Waals surface area contributed by atoms with Gasteiger partial charge in [0.25, 0.3) is 5.91 Å². The summed E-state index contributed by atoms with van der Waals surface area (Å²) in [5.41, 5.74) is 4.62. The van der Waals surface area contributed by atoms with E-state index in [0.29, 0.717) is 16.3 Å². The van der Waals surface area contributed by atoms with E-state index in [1.807, 2.05) is 54.9 Å². The summed E-state index contributed by atoms with van der Waals surface area (Å²) in [7, 11) is 0. The molecule has 1 aromatic heterocycles. The van der Waals surface area contributed by atoms with Gasteiger partial charge in [0.2, 0.25) is 0 Å². The van der Waals surface area contributed by atoms with Crippen molar-refractivity contribution in [2.45, 2.75) is 13.8 Å². The Morgan fingerprint density at radius 3 is 2.74 bits per heavy atom. The van der Waals surface area contributed by atoms with Crippen LogP contribution in [0.3, 0.4) is 0 Å². The average molecular weight is 380 g/mol. The number of carbonyl (C=O) groups excluding carboxylic acids is 1. The van der Waals surface area contributed by atoms with Crippen molar-refractivity contribution in [1.82, 2.24) is 9.78 Å². The summed E-state index contributed by atoms with van der Waals surface area (Å²) in [4.78, 5) is 12.8. The number of amides is 1. The van der Waals surface area contributed by atoms with Gasteiger partial charge in [0.1, 0.15) is 12.4 Å². The van der Waals surface area contributed by atoms with Gasteiger partial charge in [-0.3, -0.25) is 4.79 Å². The van der Waals surface area contributed by atoms with Crippen molar-refractivity contribution < 1.29 is 9.53 Å². The molecule has 2 aromatic carbocycles. The van der Waals surface area contributed by atoms with Gasteiger partial charge in [0, 0.05) is 10.6 Å². The molecule has 1 aliphatic heterocycles. The summed E-state index contributed by atoms with van der Waals surface area (Å²) in [6, 6.07) is 15.2. The molecule has 0 saturated heterocycles. The molecule has 0 atom stereocenters. The summed E-state index contributed by atoms with van der Waals surface area (Å²) >= 11 is 6.04. The maximum absolute atomic E-state index is 12.8. The summed E-state index contributed by atoms with van der Waals surface area (Å²) in [6.45, 7) is 4.03. The molecule has 1 aliphatic rings. The summed E-state index contributed by atoms with van der Waals surface area (Å²) in [5, 5.41) is 8.14. The Morgan fingerprint density at radius 2 is 1.96 bits per heavy atom. The minimum atomic E-state index is -0.209. The van der Waals surface area contributed by atoms with Gasteiger partial charge in [0.05, 0.1) is 28.3 Å². The third-order valence-electron chi connectivity index (χ3n) is 4.51. The highest BCUT2D eigenvalue weighted by Gasteiger charge is 2.21. The number of para-hydroxylation sites is 1. The topological polar surface area (TPSA) is 56.2 Å². The minimum Gasteiger partial charge on any atom is -0.488 e. The quantitative estimate of drug-likeness (QED) is 0.725. The fourth-order valence-electron chi connectivity index (χ4n) is 3.12. The number of hydrogen-bond donors (Lipinski definition) is 1. The summed E-state index contributed by atoms with van der Waals surface area (Å²) in [5.74, 6) is 0.514. The highest BCUT2D eigenvalue weighted by Crippen LogP contribution is 2.30. The lowest BCUT2D eigenvalue weighted by atomic mass is 10.1. The van der Waals surface area contributed by atoms with Crippen molar-refractivity contribution in [3.8, 4) is 11.4 Å². The van der Waals surface area contributed by atoms with Crippen molar-refractivity contribution in [1.29, 1.82) is 0 Å². The first-order chi connectivity index (χ1) is 13.0. The number of ether oxygens (including phenoxy) is 1. The second-order valence-corrected chi connectivity index (χ2v) is 6.82. The molecule has 5 nitrogen and oxygen atoms in total. The molecular formula is C21H18ClN3O2. The largest absolute Gasteiger partial charge is 0.488 e. The molecule has 0 fully saturated rings. The van der Waals surface area contributed by atoms with Crippen LogP contribution in [0.15, 0.2) is 54.1 Å². The Hall–Kier alpha value is -3.05. The Morgan fingerprint density at radius 1 is 1.19 bits per heavy atom. The van der Waals surface area contributed by atoms with Crippen LogP contribution in [0.1, 0.15) is 17.0 Å². The van der Waals surface area contributed by atoms with E-state index in [0.717, 1.165) is 28.4 Å². The van der Waals surface area contributed by atoms with Gasteiger partial charge in [0.15, 0.2) is 0 Å². The fraction of sp³-hybridized carbons (Fsp3) is 0.143. The molecule has 4 rings (SSSR count). The van der Waals surface area contributed by atoms with Gasteiger partial charge >= 0.3 is 0 Å². The molecule has 27 heavy (non-hydrogen) atoms. The van der Waals surface area contributed by atoms with E-state index in [-0.39, 0.29) is 12.5 Å². The lowest BCUT2D eigenvalue weighted by Gasteiger charge is -2.18. The molecule has 1 amide bonds. The smallest absolute Gasteiger partial charge is 0.255 e. The number of aromatic nitrogens is 2. The Labute approximate surface area is 162 Å². The first kappa shape index (κ1) is 17.4. The number of anilines is 1. The van der Waals surface area contributed by atoms with E-state index in [2.05, 4.69) is 10.4 Å². The SMILES string of the molecule is Cc1nn(-c2ccccc2)c(C)c1NC(=O)C1=Cc2cc(Cl)ccc2OC1. The second-order valence-electron chi connectivity index (χ2n) is 6.39. The predicted molar refractivity (Wildman–Crippen MR) is 107 cm³/mol. The van der Waals surface area contributed by atoms with Crippen LogP contribution in [0.4, 0.5) is 5.69 Å². The molecule has 0 aliphatic carbocycles. The van der Waals surface area contributed by atoms with Gasteiger partial charge in [-0.15, -0.1) is 0 Å². The number of carbonyl (C=O) groups is 1. The van der Waals surface area contributed by atoms with Crippen LogP contribution in [0.5, 0.6) is 5.75 Å². The van der Waals surface area contributed by atoms with Crippen LogP contribution in [-0.4, -0.2) is 22.3 Å². The molecule has 6 heteroatoms. The zero-order valence-electron chi connectivity index (χ0n) is 15.0. The Balaban J connectivity index is 1.62. The van der Waals surface area contributed by atoms with Crippen molar-refractivity contribution >= 4 is 29.3 Å². The lowest BCUT2D eigenvalue weighted by Crippen LogP contribution is -2.21. The minimum absolute atomic E-state index is 0.209. The summed E-state index contributed by atoms with van der Waals surface area (Å²) in [6.07, 6.45) is 1.81. The van der Waals surface area contributed by atoms with E-state index < -0.39 is 0 Å². The average Bonchev–Trinajstić information content (AvgIpc) is 2.96. The van der Waals surface area contributed by atoms with Crippen LogP contribution in [-0.2, 0) is 4.79 Å². The number of benzene rings is 2. The van der Waals surface area contributed by atoms with Crippen LogP contribution in [0, 0.1) is 13.8 Å². The zero-order valence-corrected chi connectivity index (χ0v) is 15.7. The molecular weight excluding hydrogens is 362 g/mol. The first-order valence-electron chi connectivity index (χ1n) is 8.59. The van der Waals surface area contributed by atoms with Gasteiger partial charge in [-0.2, -0.15) is 5.10 Å². The lowest BCUT2D eigenvalue weighted by molar-refractivity contribution is -0.113. The third-order valence-corrected chi connectivity index (χ3v) is 4.74. The number of nitrogens with one attached hydrogen (secondary N) is 1. The van der Waals surface area contributed by atoms with Gasteiger partial charge in [-0.1, -0.05) is 29.8 Å². The second kappa shape index (κ2) is 6.93. The molecule has 0 saturated carbocycles. The van der Waals surface area contributed by atoms with E-state index >= 15 is 0 Å². The molecule has 136 valence electrons. The van der Waals surface area contributed by atoms with Crippen LogP contribution >= 0.6 is 11.6 Å². The standard InChI is InChI=1S/C21H18ClN3O2/c1-13-20(14(2)25(24-13)18-6-4-3-5-7-18)23-21(26)16-10-15-11-17(22)8-9-19(15)27-12-16/h3-11H,12H2,1-2H3,(H,23,26). The van der Waals surface area contributed by atoms with Crippen LogP contribution in [0.25, 0.3) is 11.8 Å². The normalized spacial score (nSPS) is 12.8. The van der Waals surface area contributed by atoms with Crippen molar-refractivity contribution in [3.63, 3.8) is 0 Å². The molecule has 2 heterocycles. The molecule has 1 N–H and O–H groups in total. The molecule has 0 unspecified atom stereocenters. The third kappa shape index (κ3) is 3.34. The van der Waals surface area contributed by atoms with E-state index in [1.54, 1.807) is 18.2 Å².